The number of nitrogens with zero attached hydrogens (tertiary/aromatic N) is 5. The summed E-state index contributed by atoms with van der Waals surface area (Å²) < 4.78 is 34.4. The molecule has 1 atom stereocenters. The number of nitrogens with two attached hydrogens (primary N) is 1. The number of piperidine rings is 1. The van der Waals surface area contributed by atoms with E-state index in [2.05, 4.69) is 15.6 Å². The molecule has 1 saturated carbocycles. The first kappa shape index (κ1) is 25.8. The first-order valence-electron chi connectivity index (χ1n) is 13.5. The molecule has 0 radical (unpaired) electrons. The van der Waals surface area contributed by atoms with Crippen molar-refractivity contribution in [2.45, 2.75) is 44.8 Å². The van der Waals surface area contributed by atoms with Crippen LogP contribution < -0.4 is 10.5 Å². The number of methoxy groups -OCH3 is 1. The Bertz CT molecular complexity index is 1670. The number of likely N-dealkylation sites (tertiary alicyclic amines) is 1. The van der Waals surface area contributed by atoms with E-state index in [4.69, 9.17) is 15.5 Å². The fourth-order valence-electron chi connectivity index (χ4n) is 5.57. The van der Waals surface area contributed by atoms with Crippen LogP contribution in [0.1, 0.15) is 36.0 Å². The Morgan fingerprint density at radius 3 is 2.72 bits per heavy atom. The number of amides is 1. The summed E-state index contributed by atoms with van der Waals surface area (Å²) in [6.07, 6.45) is 7.15. The lowest BCUT2D eigenvalue weighted by molar-refractivity contribution is 0.0708. The van der Waals surface area contributed by atoms with Gasteiger partial charge in [0.15, 0.2) is 5.82 Å². The van der Waals surface area contributed by atoms with Gasteiger partial charge in [-0.15, -0.1) is 0 Å². The summed E-state index contributed by atoms with van der Waals surface area (Å²) in [7, 11) is -1.70. The molecule has 1 aliphatic heterocycles. The number of carbonyl (C=O) groups excluding carboxylic acids is 1. The summed E-state index contributed by atoms with van der Waals surface area (Å²) in [5.41, 5.74) is 9.62. The minimum Gasteiger partial charge on any atom is -0.494 e. The molecule has 1 saturated heterocycles. The second kappa shape index (κ2) is 9.95. The first-order valence-corrected chi connectivity index (χ1v) is 15.5. The molecule has 0 spiro atoms. The van der Waals surface area contributed by atoms with Gasteiger partial charge in [-0.3, -0.25) is 4.79 Å². The molecular weight excluding hydrogens is 516 g/mol. The lowest BCUT2D eigenvalue weighted by Gasteiger charge is -2.30. The number of rotatable bonds is 8. The van der Waals surface area contributed by atoms with Crippen molar-refractivity contribution in [2.24, 2.45) is 11.7 Å². The van der Waals surface area contributed by atoms with Crippen molar-refractivity contribution in [3.63, 3.8) is 0 Å². The molecule has 1 unspecified atom stereocenters. The summed E-state index contributed by atoms with van der Waals surface area (Å²) in [5.74, 6) is 1.54. The number of hydrogen-bond donors (Lipinski definition) is 1. The zero-order valence-electron chi connectivity index (χ0n) is 22.3. The summed E-state index contributed by atoms with van der Waals surface area (Å²) in [6.45, 7) is 2.20. The van der Waals surface area contributed by atoms with Gasteiger partial charge in [0, 0.05) is 55.6 Å². The van der Waals surface area contributed by atoms with Crippen molar-refractivity contribution < 1.29 is 17.9 Å². The maximum absolute atomic E-state index is 13.5. The smallest absolute Gasteiger partial charge is 0.254 e. The predicted octanol–water partition coefficient (Wildman–Crippen LogP) is 3.08. The molecule has 39 heavy (non-hydrogen) atoms. The fraction of sp³-hybridized carbons (Fsp3) is 0.464. The summed E-state index contributed by atoms with van der Waals surface area (Å²) in [6, 6.07) is 9.49. The van der Waals surface area contributed by atoms with Crippen LogP contribution in [-0.2, 0) is 22.9 Å². The highest BCUT2D eigenvalue weighted by Gasteiger charge is 2.29. The van der Waals surface area contributed by atoms with Crippen molar-refractivity contribution in [3.8, 4) is 17.3 Å². The van der Waals surface area contributed by atoms with Crippen molar-refractivity contribution in [2.75, 3.05) is 32.2 Å². The van der Waals surface area contributed by atoms with Crippen LogP contribution in [0.3, 0.4) is 0 Å². The van der Waals surface area contributed by atoms with Crippen LogP contribution in [0, 0.1) is 5.92 Å². The maximum atomic E-state index is 13.5. The third-order valence-corrected chi connectivity index (χ3v) is 8.65. The molecule has 4 heterocycles. The molecule has 10 nitrogen and oxygen atoms in total. The second-order valence-corrected chi connectivity index (χ2v) is 13.2. The Morgan fingerprint density at radius 2 is 2.00 bits per heavy atom. The Hall–Kier alpha value is -3.44. The van der Waals surface area contributed by atoms with E-state index < -0.39 is 9.84 Å². The SMILES string of the molecule is COc1cc(C(=O)N2CCCC(N)C2)cc2nc(-c3cc4cccnc4n3CC3CC3)n(CCS(C)(=O)=O)c12. The van der Waals surface area contributed by atoms with E-state index in [1.54, 1.807) is 30.3 Å². The minimum atomic E-state index is -3.25. The van der Waals surface area contributed by atoms with Crippen molar-refractivity contribution in [1.29, 1.82) is 0 Å². The number of carbonyl (C=O) groups is 1. The monoisotopic (exact) mass is 550 g/mol. The van der Waals surface area contributed by atoms with Crippen molar-refractivity contribution in [3.05, 3.63) is 42.1 Å². The minimum absolute atomic E-state index is 0.0304. The summed E-state index contributed by atoms with van der Waals surface area (Å²) in [4.78, 5) is 24.9. The van der Waals surface area contributed by atoms with Crippen LogP contribution in [-0.4, -0.2) is 76.6 Å². The van der Waals surface area contributed by atoms with Crippen LogP contribution in [0.2, 0.25) is 0 Å². The third kappa shape index (κ3) is 5.12. The Balaban J connectivity index is 1.53. The zero-order valence-corrected chi connectivity index (χ0v) is 23.2. The second-order valence-electron chi connectivity index (χ2n) is 10.9. The molecule has 2 aliphatic rings. The van der Waals surface area contributed by atoms with E-state index in [1.807, 2.05) is 16.7 Å². The van der Waals surface area contributed by atoms with Crippen LogP contribution in [0.15, 0.2) is 36.5 Å². The molecule has 11 heteroatoms. The molecule has 1 aliphatic carbocycles. The van der Waals surface area contributed by atoms with E-state index in [9.17, 15) is 13.2 Å². The fourth-order valence-corrected chi connectivity index (χ4v) is 6.09. The van der Waals surface area contributed by atoms with Crippen LogP contribution in [0.4, 0.5) is 0 Å². The number of benzene rings is 1. The van der Waals surface area contributed by atoms with Gasteiger partial charge >= 0.3 is 0 Å². The zero-order chi connectivity index (χ0) is 27.3. The molecular formula is C28H34N6O4S. The first-order chi connectivity index (χ1) is 18.7. The molecule has 4 aromatic rings. The number of ether oxygens (including phenoxy) is 1. The maximum Gasteiger partial charge on any atom is 0.254 e. The van der Waals surface area contributed by atoms with Gasteiger partial charge < -0.3 is 24.5 Å². The van der Waals surface area contributed by atoms with Gasteiger partial charge in [-0.1, -0.05) is 0 Å². The normalized spacial score (nSPS) is 18.2. The number of aromatic nitrogens is 4. The topological polar surface area (TPSA) is 125 Å². The number of aryl methyl sites for hydroxylation is 1. The highest BCUT2D eigenvalue weighted by molar-refractivity contribution is 7.90. The van der Waals surface area contributed by atoms with E-state index in [1.165, 1.54) is 19.1 Å². The molecule has 206 valence electrons. The van der Waals surface area contributed by atoms with Gasteiger partial charge in [0.05, 0.1) is 24.1 Å². The van der Waals surface area contributed by atoms with E-state index in [0.29, 0.717) is 47.2 Å². The van der Waals surface area contributed by atoms with Crippen LogP contribution >= 0.6 is 0 Å². The van der Waals surface area contributed by atoms with Crippen LogP contribution in [0.25, 0.3) is 33.6 Å². The summed E-state index contributed by atoms with van der Waals surface area (Å²) in [5, 5.41) is 0.999. The van der Waals surface area contributed by atoms with Gasteiger partial charge in [-0.2, -0.15) is 0 Å². The number of fused-ring (bicyclic) bond motifs is 2. The van der Waals surface area contributed by atoms with Crippen molar-refractivity contribution in [1.82, 2.24) is 24.0 Å². The largest absolute Gasteiger partial charge is 0.494 e. The molecule has 1 aromatic carbocycles. The van der Waals surface area contributed by atoms with E-state index in [-0.39, 0.29) is 24.2 Å². The van der Waals surface area contributed by atoms with Crippen molar-refractivity contribution >= 4 is 37.8 Å². The quantitative estimate of drug-likeness (QED) is 0.357. The lowest BCUT2D eigenvalue weighted by atomic mass is 10.0. The Kier molecular flexibility index (Phi) is 6.58. The number of imidazole rings is 1. The molecule has 0 bridgehead atoms. The molecule has 2 N–H and O–H groups in total. The van der Waals surface area contributed by atoms with Gasteiger partial charge in [-0.05, 0) is 61.9 Å². The standard InChI is InChI=1S/C28H34N6O4S/c1-38-24-15-20(28(35)32-10-4-6-21(29)17-32)13-22-25(24)33(11-12-39(2,36)37)27(31-22)23-14-19-5-3-9-30-26(19)34(23)16-18-7-8-18/h3,5,9,13-15,18,21H,4,6-8,10-12,16-17,29H2,1-2H3. The van der Waals surface area contributed by atoms with Gasteiger partial charge in [-0.25, -0.2) is 18.4 Å². The lowest BCUT2D eigenvalue weighted by Crippen LogP contribution is -2.45. The molecule has 6 rings (SSSR count). The highest BCUT2D eigenvalue weighted by atomic mass is 32.2. The average molecular weight is 551 g/mol. The van der Waals surface area contributed by atoms with E-state index in [0.717, 1.165) is 36.1 Å². The predicted molar refractivity (Wildman–Crippen MR) is 151 cm³/mol. The average Bonchev–Trinajstić information content (AvgIpc) is 3.55. The van der Waals surface area contributed by atoms with E-state index >= 15 is 0 Å². The molecule has 1 amide bonds. The highest BCUT2D eigenvalue weighted by Crippen LogP contribution is 2.38. The van der Waals surface area contributed by atoms with Gasteiger partial charge in [0.2, 0.25) is 0 Å². The Labute approximate surface area is 227 Å². The number of hydrogen-bond acceptors (Lipinski definition) is 7. The van der Waals surface area contributed by atoms with Gasteiger partial charge in [0.1, 0.15) is 26.8 Å². The van der Waals surface area contributed by atoms with Gasteiger partial charge in [0.25, 0.3) is 5.91 Å². The molecule has 3 aromatic heterocycles. The summed E-state index contributed by atoms with van der Waals surface area (Å²) >= 11 is 0. The Morgan fingerprint density at radius 1 is 1.18 bits per heavy atom. The molecule has 2 fully saturated rings. The third-order valence-electron chi connectivity index (χ3n) is 7.73. The van der Waals surface area contributed by atoms with Crippen LogP contribution in [0.5, 0.6) is 5.75 Å². The number of pyridine rings is 1. The number of sulfone groups is 1.